The molecule has 0 amide bonds. The number of nitrogens with zero attached hydrogens (tertiary/aromatic N) is 2. The van der Waals surface area contributed by atoms with Gasteiger partial charge in [0, 0.05) is 12.6 Å². The number of hydrogen-bond donors (Lipinski definition) is 4. The zero-order valence-electron chi connectivity index (χ0n) is 10.7. The second kappa shape index (κ2) is 6.48. The summed E-state index contributed by atoms with van der Waals surface area (Å²) in [5.74, 6) is -1.01. The zero-order valence-corrected chi connectivity index (χ0v) is 10.7. The van der Waals surface area contributed by atoms with E-state index in [0.29, 0.717) is 5.69 Å². The first-order valence-electron chi connectivity index (χ1n) is 6.01. The number of carboxylic acid groups (broad SMARTS) is 1. The Morgan fingerprint density at radius 3 is 2.75 bits per heavy atom. The van der Waals surface area contributed by atoms with Crippen LogP contribution in [0.1, 0.15) is 5.69 Å². The minimum Gasteiger partial charge on any atom is -0.480 e. The number of hydrogen-bond acceptors (Lipinski definition) is 4. The predicted molar refractivity (Wildman–Crippen MR) is 74.0 cm³/mol. The summed E-state index contributed by atoms with van der Waals surface area (Å²) in [4.78, 5) is 23.9. The molecule has 2 heterocycles. The van der Waals surface area contributed by atoms with Crippen LogP contribution in [0.15, 0.2) is 43.1 Å². The highest BCUT2D eigenvalue weighted by Gasteiger charge is 2.12. The van der Waals surface area contributed by atoms with Crippen LogP contribution in [0.3, 0.4) is 0 Å². The van der Waals surface area contributed by atoms with Gasteiger partial charge in [-0.1, -0.05) is 12.1 Å². The molecule has 0 bridgehead atoms. The van der Waals surface area contributed by atoms with Crippen LogP contribution in [-0.2, 0) is 11.2 Å². The number of imidazole rings is 2. The summed E-state index contributed by atoms with van der Waals surface area (Å²) in [5.41, 5.74) is 8.04. The molecular formula is C13H15N5O2. The third-order valence-electron chi connectivity index (χ3n) is 2.63. The number of aromatic amines is 2. The van der Waals surface area contributed by atoms with Gasteiger partial charge in [-0.15, -0.1) is 0 Å². The standard InChI is InChI=1S/C7H6N2.C6H9N3O2/c1-2-4-7-6(3-1)8-5-9-7;7-5(6(10)11)1-4-2-8-3-9-4/h1-5H,(H,8,9);2-3,5H,1,7H2,(H,8,9)(H,10,11). The number of nitrogens with one attached hydrogen (secondary N) is 2. The van der Waals surface area contributed by atoms with Crippen LogP contribution in [0, 0.1) is 0 Å². The Labute approximate surface area is 114 Å². The molecule has 5 N–H and O–H groups in total. The fraction of sp³-hybridized carbons (Fsp3) is 0.154. The highest BCUT2D eigenvalue weighted by molar-refractivity contribution is 5.74. The number of aliphatic carboxylic acids is 1. The first-order valence-corrected chi connectivity index (χ1v) is 6.01. The van der Waals surface area contributed by atoms with Crippen molar-refractivity contribution in [2.45, 2.75) is 12.5 Å². The number of carboxylic acids is 1. The van der Waals surface area contributed by atoms with Crippen molar-refractivity contribution in [3.63, 3.8) is 0 Å². The Bertz CT molecular complexity index is 632. The molecule has 104 valence electrons. The maximum absolute atomic E-state index is 10.3. The average molecular weight is 273 g/mol. The monoisotopic (exact) mass is 273 g/mol. The highest BCUT2D eigenvalue weighted by Crippen LogP contribution is 2.05. The van der Waals surface area contributed by atoms with Gasteiger partial charge in [0.1, 0.15) is 6.04 Å². The Balaban J connectivity index is 0.000000149. The van der Waals surface area contributed by atoms with Gasteiger partial charge in [0.15, 0.2) is 0 Å². The molecule has 20 heavy (non-hydrogen) atoms. The van der Waals surface area contributed by atoms with Gasteiger partial charge in [-0.05, 0) is 12.1 Å². The Hall–Kier alpha value is -2.67. The number of benzene rings is 1. The largest absolute Gasteiger partial charge is 0.480 e. The fourth-order valence-corrected chi connectivity index (χ4v) is 1.59. The summed E-state index contributed by atoms with van der Waals surface area (Å²) in [6.45, 7) is 0. The summed E-state index contributed by atoms with van der Waals surface area (Å²) in [6, 6.07) is 7.08. The van der Waals surface area contributed by atoms with Crippen LogP contribution in [0.2, 0.25) is 0 Å². The number of para-hydroxylation sites is 2. The molecule has 0 aliphatic heterocycles. The summed E-state index contributed by atoms with van der Waals surface area (Å²) < 4.78 is 0. The van der Waals surface area contributed by atoms with Crippen molar-refractivity contribution in [1.82, 2.24) is 19.9 Å². The fourth-order valence-electron chi connectivity index (χ4n) is 1.59. The molecule has 1 unspecified atom stereocenters. The summed E-state index contributed by atoms with van der Waals surface area (Å²) in [5, 5.41) is 8.42. The first kappa shape index (κ1) is 13.8. The van der Waals surface area contributed by atoms with Crippen LogP contribution in [-0.4, -0.2) is 37.1 Å². The van der Waals surface area contributed by atoms with Crippen molar-refractivity contribution >= 4 is 17.0 Å². The lowest BCUT2D eigenvalue weighted by Gasteiger charge is -2.01. The maximum atomic E-state index is 10.3. The molecule has 3 rings (SSSR count). The molecule has 7 heteroatoms. The number of H-pyrrole nitrogens is 2. The SMILES string of the molecule is NC(Cc1c[nH]cn1)C(=O)O.c1ccc2[nH]cnc2c1. The molecule has 3 aromatic rings. The van der Waals surface area contributed by atoms with Gasteiger partial charge in [-0.2, -0.15) is 0 Å². The normalized spacial score (nSPS) is 11.7. The van der Waals surface area contributed by atoms with Crippen molar-refractivity contribution in [1.29, 1.82) is 0 Å². The third kappa shape index (κ3) is 3.66. The quantitative estimate of drug-likeness (QED) is 0.565. The number of fused-ring (bicyclic) bond motifs is 1. The molecule has 0 aliphatic rings. The molecule has 0 fully saturated rings. The molecular weight excluding hydrogens is 258 g/mol. The van der Waals surface area contributed by atoms with Gasteiger partial charge < -0.3 is 20.8 Å². The van der Waals surface area contributed by atoms with Crippen LogP contribution in [0.5, 0.6) is 0 Å². The second-order valence-electron chi connectivity index (χ2n) is 4.13. The highest BCUT2D eigenvalue weighted by atomic mass is 16.4. The van der Waals surface area contributed by atoms with Crippen LogP contribution < -0.4 is 5.73 Å². The molecule has 0 saturated heterocycles. The first-order chi connectivity index (χ1) is 9.66. The van der Waals surface area contributed by atoms with Crippen LogP contribution in [0.25, 0.3) is 11.0 Å². The van der Waals surface area contributed by atoms with Gasteiger partial charge in [0.2, 0.25) is 0 Å². The molecule has 7 nitrogen and oxygen atoms in total. The lowest BCUT2D eigenvalue weighted by molar-refractivity contribution is -0.138. The summed E-state index contributed by atoms with van der Waals surface area (Å²) in [6.07, 6.45) is 5.08. The minimum absolute atomic E-state index is 0.263. The molecule has 0 spiro atoms. The van der Waals surface area contributed by atoms with Crippen LogP contribution in [0.4, 0.5) is 0 Å². The van der Waals surface area contributed by atoms with Gasteiger partial charge in [-0.25, -0.2) is 9.97 Å². The van der Waals surface area contributed by atoms with E-state index < -0.39 is 12.0 Å². The van der Waals surface area contributed by atoms with E-state index in [0.717, 1.165) is 11.0 Å². The van der Waals surface area contributed by atoms with E-state index in [1.54, 1.807) is 12.5 Å². The van der Waals surface area contributed by atoms with Crippen molar-refractivity contribution in [2.75, 3.05) is 0 Å². The number of rotatable bonds is 3. The summed E-state index contributed by atoms with van der Waals surface area (Å²) >= 11 is 0. The van der Waals surface area contributed by atoms with E-state index in [9.17, 15) is 4.79 Å². The Morgan fingerprint density at radius 1 is 1.30 bits per heavy atom. The summed E-state index contributed by atoms with van der Waals surface area (Å²) in [7, 11) is 0. The van der Waals surface area contributed by atoms with Gasteiger partial charge in [0.05, 0.1) is 29.4 Å². The topological polar surface area (TPSA) is 121 Å². The molecule has 1 aromatic carbocycles. The van der Waals surface area contributed by atoms with Crippen molar-refractivity contribution in [3.8, 4) is 0 Å². The average Bonchev–Trinajstić information content (AvgIpc) is 3.09. The second-order valence-corrected chi connectivity index (χ2v) is 4.13. The number of nitrogens with two attached hydrogens (primary N) is 1. The zero-order chi connectivity index (χ0) is 14.4. The minimum atomic E-state index is -1.01. The molecule has 1 atom stereocenters. The van der Waals surface area contributed by atoms with E-state index >= 15 is 0 Å². The lowest BCUT2D eigenvalue weighted by Crippen LogP contribution is -2.32. The van der Waals surface area contributed by atoms with E-state index in [2.05, 4.69) is 19.9 Å². The van der Waals surface area contributed by atoms with E-state index in [1.165, 1.54) is 6.33 Å². The number of aromatic nitrogens is 4. The molecule has 0 aliphatic carbocycles. The van der Waals surface area contributed by atoms with E-state index in [4.69, 9.17) is 10.8 Å². The van der Waals surface area contributed by atoms with Crippen LogP contribution >= 0.6 is 0 Å². The lowest BCUT2D eigenvalue weighted by atomic mass is 10.2. The van der Waals surface area contributed by atoms with Gasteiger partial charge in [-0.3, -0.25) is 4.79 Å². The van der Waals surface area contributed by atoms with Crippen molar-refractivity contribution < 1.29 is 9.90 Å². The Morgan fingerprint density at radius 2 is 2.10 bits per heavy atom. The third-order valence-corrected chi connectivity index (χ3v) is 2.63. The molecule has 0 radical (unpaired) electrons. The molecule has 0 saturated carbocycles. The van der Waals surface area contributed by atoms with E-state index in [-0.39, 0.29) is 6.42 Å². The van der Waals surface area contributed by atoms with Crippen molar-refractivity contribution in [3.05, 3.63) is 48.8 Å². The molecule has 2 aromatic heterocycles. The van der Waals surface area contributed by atoms with Gasteiger partial charge in [0.25, 0.3) is 0 Å². The smallest absolute Gasteiger partial charge is 0.320 e. The maximum Gasteiger partial charge on any atom is 0.320 e. The van der Waals surface area contributed by atoms with Crippen molar-refractivity contribution in [2.24, 2.45) is 5.73 Å². The number of carbonyl (C=O) groups is 1. The van der Waals surface area contributed by atoms with E-state index in [1.807, 2.05) is 24.3 Å². The predicted octanol–water partition coefficient (Wildman–Crippen LogP) is 0.927. The Kier molecular flexibility index (Phi) is 4.46. The van der Waals surface area contributed by atoms with Gasteiger partial charge >= 0.3 is 5.97 Å².